The maximum Gasteiger partial charge on any atom is 0.416 e. The molecule has 6 rings (SSSR count). The Hall–Kier alpha value is -4.49. The number of nitrogens with zero attached hydrogens (tertiary/aromatic N) is 2. The van der Waals surface area contributed by atoms with Crippen LogP contribution in [-0.2, 0) is 6.42 Å². The average molecular weight is 553 g/mol. The monoisotopic (exact) mass is 552 g/mol. The normalized spacial score (nSPS) is 14.6. The second kappa shape index (κ2) is 11.3. The number of amides is 1. The Bertz CT molecular complexity index is 1620. The van der Waals surface area contributed by atoms with Gasteiger partial charge in [-0.2, -0.15) is 0 Å². The van der Waals surface area contributed by atoms with E-state index in [-0.39, 0.29) is 6.04 Å². The lowest BCUT2D eigenvalue weighted by Crippen LogP contribution is -2.42. The number of carbonyl (C=O) groups excluding carboxylic acids is 1. The van der Waals surface area contributed by atoms with E-state index in [4.69, 9.17) is 21.1 Å². The number of aromatic amines is 1. The number of anilines is 1. The Balaban J connectivity index is 1.25. The highest BCUT2D eigenvalue weighted by Gasteiger charge is 2.35. The van der Waals surface area contributed by atoms with Crippen molar-refractivity contribution in [1.82, 2.24) is 14.9 Å². The molecule has 0 fully saturated rings. The van der Waals surface area contributed by atoms with E-state index in [9.17, 15) is 4.79 Å². The van der Waals surface area contributed by atoms with Crippen LogP contribution in [0.3, 0.4) is 0 Å². The topological polar surface area (TPSA) is 79.5 Å². The fraction of sp³-hybridized carbons (Fsp3) is 0.188. The van der Waals surface area contributed by atoms with Crippen molar-refractivity contribution < 1.29 is 14.3 Å². The van der Waals surface area contributed by atoms with Crippen LogP contribution in [0.25, 0.3) is 10.9 Å². The van der Waals surface area contributed by atoms with Crippen molar-refractivity contribution in [2.24, 2.45) is 0 Å². The third-order valence-electron chi connectivity index (χ3n) is 7.11. The second-order valence-electron chi connectivity index (χ2n) is 9.82. The molecule has 2 aromatic heterocycles. The molecule has 0 saturated heterocycles. The molecule has 1 atom stereocenters. The van der Waals surface area contributed by atoms with Crippen LogP contribution in [0.2, 0.25) is 5.02 Å². The lowest BCUT2D eigenvalue weighted by atomic mass is 9.92. The molecule has 202 valence electrons. The molecular formula is C32H29ClN4O3. The first-order chi connectivity index (χ1) is 19.5. The van der Waals surface area contributed by atoms with Crippen LogP contribution in [0.15, 0.2) is 91.3 Å². The van der Waals surface area contributed by atoms with Crippen molar-refractivity contribution >= 4 is 34.3 Å². The molecule has 1 unspecified atom stereocenters. The summed E-state index contributed by atoms with van der Waals surface area (Å²) >= 11 is 6.34. The van der Waals surface area contributed by atoms with Crippen LogP contribution in [0.4, 0.5) is 10.5 Å². The van der Waals surface area contributed by atoms with E-state index >= 15 is 0 Å². The van der Waals surface area contributed by atoms with Gasteiger partial charge in [0.1, 0.15) is 24.1 Å². The van der Waals surface area contributed by atoms with Gasteiger partial charge in [-0.3, -0.25) is 9.88 Å². The number of halogens is 1. The Morgan fingerprint density at radius 1 is 1.07 bits per heavy atom. The van der Waals surface area contributed by atoms with Gasteiger partial charge >= 0.3 is 6.09 Å². The molecule has 1 amide bonds. The Morgan fingerprint density at radius 3 is 2.65 bits per heavy atom. The zero-order valence-electron chi connectivity index (χ0n) is 22.1. The molecule has 3 aromatic carbocycles. The van der Waals surface area contributed by atoms with Crippen molar-refractivity contribution in [3.63, 3.8) is 0 Å². The zero-order chi connectivity index (χ0) is 27.5. The summed E-state index contributed by atoms with van der Waals surface area (Å²) in [5.41, 5.74) is 6.15. The first-order valence-electron chi connectivity index (χ1n) is 13.3. The van der Waals surface area contributed by atoms with Crippen LogP contribution in [0, 0.1) is 6.92 Å². The molecule has 40 heavy (non-hydrogen) atoms. The lowest BCUT2D eigenvalue weighted by Gasteiger charge is -2.35. The smallest absolute Gasteiger partial charge is 0.416 e. The molecule has 2 N–H and O–H groups in total. The van der Waals surface area contributed by atoms with Gasteiger partial charge in [0, 0.05) is 47.1 Å². The number of fused-ring (bicyclic) bond motifs is 3. The molecule has 7 nitrogen and oxygen atoms in total. The van der Waals surface area contributed by atoms with E-state index in [1.54, 1.807) is 17.3 Å². The summed E-state index contributed by atoms with van der Waals surface area (Å²) in [5, 5.41) is 5.06. The summed E-state index contributed by atoms with van der Waals surface area (Å²) in [6.45, 7) is 3.66. The largest absolute Gasteiger partial charge is 0.492 e. The molecule has 5 aromatic rings. The minimum absolute atomic E-state index is 0.353. The molecular weight excluding hydrogens is 524 g/mol. The fourth-order valence-corrected chi connectivity index (χ4v) is 5.32. The molecule has 0 saturated carbocycles. The van der Waals surface area contributed by atoms with Gasteiger partial charge in [0.25, 0.3) is 0 Å². The van der Waals surface area contributed by atoms with Crippen LogP contribution >= 0.6 is 11.6 Å². The number of pyridine rings is 1. The van der Waals surface area contributed by atoms with E-state index in [0.29, 0.717) is 36.9 Å². The van der Waals surface area contributed by atoms with Gasteiger partial charge in [0.15, 0.2) is 0 Å². The average Bonchev–Trinajstić information content (AvgIpc) is 3.35. The lowest BCUT2D eigenvalue weighted by molar-refractivity contribution is 0.135. The van der Waals surface area contributed by atoms with Crippen LogP contribution < -0.4 is 14.8 Å². The number of rotatable bonds is 7. The van der Waals surface area contributed by atoms with Crippen molar-refractivity contribution in [3.8, 4) is 11.5 Å². The van der Waals surface area contributed by atoms with Crippen molar-refractivity contribution in [3.05, 3.63) is 119 Å². The number of hydrogen-bond acceptors (Lipinski definition) is 5. The van der Waals surface area contributed by atoms with Crippen LogP contribution in [-0.4, -0.2) is 40.7 Å². The number of aromatic nitrogens is 2. The molecule has 0 aliphatic carbocycles. The number of aryl methyl sites for hydroxylation is 1. The van der Waals surface area contributed by atoms with Gasteiger partial charge in [-0.05, 0) is 79.1 Å². The van der Waals surface area contributed by atoms with Crippen molar-refractivity contribution in [1.29, 1.82) is 0 Å². The second-order valence-corrected chi connectivity index (χ2v) is 10.3. The van der Waals surface area contributed by atoms with Gasteiger partial charge in [0.2, 0.25) is 0 Å². The first kappa shape index (κ1) is 25.8. The van der Waals surface area contributed by atoms with E-state index < -0.39 is 6.09 Å². The van der Waals surface area contributed by atoms with Crippen molar-refractivity contribution in [2.45, 2.75) is 19.4 Å². The van der Waals surface area contributed by atoms with Gasteiger partial charge in [-0.1, -0.05) is 41.4 Å². The fourth-order valence-electron chi connectivity index (χ4n) is 5.15. The summed E-state index contributed by atoms with van der Waals surface area (Å²) in [7, 11) is 0. The number of hydrogen-bond donors (Lipinski definition) is 2. The summed E-state index contributed by atoms with van der Waals surface area (Å²) in [6.07, 6.45) is 3.83. The zero-order valence-corrected chi connectivity index (χ0v) is 22.8. The summed E-state index contributed by atoms with van der Waals surface area (Å²) in [5.74, 6) is 1.28. The molecule has 8 heteroatoms. The highest BCUT2D eigenvalue weighted by molar-refractivity contribution is 6.31. The minimum atomic E-state index is -0.391. The van der Waals surface area contributed by atoms with Gasteiger partial charge < -0.3 is 19.8 Å². The molecule has 0 spiro atoms. The van der Waals surface area contributed by atoms with Crippen LogP contribution in [0.5, 0.6) is 11.5 Å². The first-order valence-corrected chi connectivity index (χ1v) is 13.6. The maximum absolute atomic E-state index is 13.5. The standard InChI is InChI=1S/C32H29ClN4O3/c1-21-4-9-26(10-5-21)40-32(38)37-17-14-27-28-19-23(33)8-13-29(28)36-30(27)31(37)22-6-11-25(12-7-22)39-18-16-35-24-3-2-15-34-20-24/h2-13,15,19-20,31,35-36H,14,16-18H2,1H3. The van der Waals surface area contributed by atoms with Gasteiger partial charge in [-0.25, -0.2) is 4.79 Å². The third-order valence-corrected chi connectivity index (χ3v) is 7.34. The van der Waals surface area contributed by atoms with E-state index in [1.165, 1.54) is 5.56 Å². The highest BCUT2D eigenvalue weighted by Crippen LogP contribution is 2.40. The molecule has 0 radical (unpaired) electrons. The predicted molar refractivity (Wildman–Crippen MR) is 157 cm³/mol. The Labute approximate surface area is 237 Å². The molecule has 1 aliphatic rings. The Kier molecular flexibility index (Phi) is 7.29. The molecule has 3 heterocycles. The number of nitrogens with one attached hydrogen (secondary N) is 2. The van der Waals surface area contributed by atoms with E-state index in [0.717, 1.165) is 39.2 Å². The summed E-state index contributed by atoms with van der Waals surface area (Å²) in [4.78, 5) is 23.0. The predicted octanol–water partition coefficient (Wildman–Crippen LogP) is 7.16. The summed E-state index contributed by atoms with van der Waals surface area (Å²) < 4.78 is 11.8. The number of ether oxygens (including phenoxy) is 2. The van der Waals surface area contributed by atoms with Gasteiger partial charge in [0.05, 0.1) is 5.69 Å². The maximum atomic E-state index is 13.5. The number of H-pyrrole nitrogens is 1. The quantitative estimate of drug-likeness (QED) is 0.209. The Morgan fingerprint density at radius 2 is 1.88 bits per heavy atom. The summed E-state index contributed by atoms with van der Waals surface area (Å²) in [6, 6.07) is 24.7. The van der Waals surface area contributed by atoms with E-state index in [1.807, 2.05) is 85.8 Å². The van der Waals surface area contributed by atoms with E-state index in [2.05, 4.69) is 15.3 Å². The third kappa shape index (κ3) is 5.46. The number of benzene rings is 3. The molecule has 0 bridgehead atoms. The SMILES string of the molecule is Cc1ccc(OC(=O)N2CCc3c([nH]c4ccc(Cl)cc34)C2c2ccc(OCCNc3cccnc3)cc2)cc1. The van der Waals surface area contributed by atoms with Gasteiger partial charge in [-0.15, -0.1) is 0 Å². The van der Waals surface area contributed by atoms with Crippen LogP contribution in [0.1, 0.15) is 28.4 Å². The minimum Gasteiger partial charge on any atom is -0.492 e. The molecule has 1 aliphatic heterocycles. The van der Waals surface area contributed by atoms with Crippen molar-refractivity contribution in [2.75, 3.05) is 25.0 Å². The number of carbonyl (C=O) groups is 1. The highest BCUT2D eigenvalue weighted by atomic mass is 35.5.